The summed E-state index contributed by atoms with van der Waals surface area (Å²) in [6, 6.07) is 13.5. The zero-order valence-electron chi connectivity index (χ0n) is 17.3. The van der Waals surface area contributed by atoms with Crippen LogP contribution in [0.5, 0.6) is 5.75 Å². The van der Waals surface area contributed by atoms with Crippen molar-refractivity contribution in [2.45, 2.75) is 38.2 Å². The zero-order valence-corrected chi connectivity index (χ0v) is 17.3. The first-order valence-electron chi connectivity index (χ1n) is 9.64. The molecule has 1 aliphatic rings. The highest BCUT2D eigenvalue weighted by atomic mass is 16.6. The van der Waals surface area contributed by atoms with E-state index in [2.05, 4.69) is 53.6 Å². The number of rotatable bonds is 7. The van der Waals surface area contributed by atoms with E-state index in [4.69, 9.17) is 4.74 Å². The summed E-state index contributed by atoms with van der Waals surface area (Å²) in [5.41, 5.74) is 3.06. The van der Waals surface area contributed by atoms with Crippen molar-refractivity contribution in [2.75, 3.05) is 30.9 Å². The van der Waals surface area contributed by atoms with E-state index >= 15 is 0 Å². The van der Waals surface area contributed by atoms with Crippen molar-refractivity contribution in [3.05, 3.63) is 53.6 Å². The van der Waals surface area contributed by atoms with Crippen LogP contribution in [0.1, 0.15) is 31.1 Å². The molecule has 0 bridgehead atoms. The van der Waals surface area contributed by atoms with E-state index in [1.807, 2.05) is 14.1 Å². The van der Waals surface area contributed by atoms with Gasteiger partial charge in [0, 0.05) is 37.4 Å². The molecule has 2 aromatic rings. The lowest BCUT2D eigenvalue weighted by molar-refractivity contribution is -0.139. The Morgan fingerprint density at radius 3 is 2.55 bits per heavy atom. The number of hydrogen-bond acceptors (Lipinski definition) is 6. The molecule has 4 N–H and O–H groups in total. The molecule has 1 aliphatic heterocycles. The van der Waals surface area contributed by atoms with Crippen molar-refractivity contribution in [3.63, 3.8) is 0 Å². The number of nitrogens with one attached hydrogen (secondary N) is 2. The van der Waals surface area contributed by atoms with E-state index in [1.165, 1.54) is 5.56 Å². The molecule has 0 aromatic heterocycles. The second kappa shape index (κ2) is 8.41. The Bertz CT molecular complexity index is 865. The Morgan fingerprint density at radius 1 is 1.21 bits per heavy atom. The number of β-amino-alcohol motifs (C(OH)–C–C–N with tert-alkyl or cyclic N) is 1. The molecule has 156 valence electrons. The van der Waals surface area contributed by atoms with Crippen molar-refractivity contribution in [2.24, 2.45) is 0 Å². The van der Waals surface area contributed by atoms with Gasteiger partial charge in [0.1, 0.15) is 0 Å². The first-order valence-corrected chi connectivity index (χ1v) is 9.64. The number of para-hydroxylation sites is 1. The number of aliphatic hydroxyl groups is 2. The summed E-state index contributed by atoms with van der Waals surface area (Å²) in [5, 5.41) is 26.4. The second-order valence-corrected chi connectivity index (χ2v) is 8.20. The van der Waals surface area contributed by atoms with Gasteiger partial charge in [-0.25, -0.2) is 0 Å². The maximum atomic E-state index is 11.6. The van der Waals surface area contributed by atoms with Crippen LogP contribution in [0, 0.1) is 0 Å². The molecule has 0 spiro atoms. The fourth-order valence-corrected chi connectivity index (χ4v) is 3.37. The van der Waals surface area contributed by atoms with Crippen molar-refractivity contribution in [1.82, 2.24) is 5.32 Å². The van der Waals surface area contributed by atoms with Gasteiger partial charge in [-0.1, -0.05) is 24.3 Å². The number of carbonyl (C=O) groups is 1. The summed E-state index contributed by atoms with van der Waals surface area (Å²) in [6.07, 6.45) is -1.64. The normalized spacial score (nSPS) is 17.2. The molecule has 29 heavy (non-hydrogen) atoms. The molecule has 2 atom stereocenters. The van der Waals surface area contributed by atoms with Crippen LogP contribution in [0.4, 0.5) is 11.4 Å². The van der Waals surface area contributed by atoms with Crippen LogP contribution in [0.3, 0.4) is 0 Å². The minimum Gasteiger partial charge on any atom is -0.453 e. The molecule has 1 unspecified atom stereocenters. The molecular formula is C22H29N3O4. The molecule has 0 radical (unpaired) electrons. The molecule has 0 saturated carbocycles. The van der Waals surface area contributed by atoms with Crippen LogP contribution in [-0.2, 0) is 11.2 Å². The van der Waals surface area contributed by atoms with Gasteiger partial charge in [-0.15, -0.1) is 0 Å². The average molecular weight is 399 g/mol. The van der Waals surface area contributed by atoms with Gasteiger partial charge in [-0.3, -0.25) is 4.79 Å². The second-order valence-electron chi connectivity index (χ2n) is 8.20. The lowest BCUT2D eigenvalue weighted by Crippen LogP contribution is -2.43. The van der Waals surface area contributed by atoms with E-state index in [-0.39, 0.29) is 5.54 Å². The largest absolute Gasteiger partial charge is 0.453 e. The molecule has 7 nitrogen and oxygen atoms in total. The van der Waals surface area contributed by atoms with Crippen LogP contribution in [0.25, 0.3) is 0 Å². The Hall–Kier alpha value is -2.61. The van der Waals surface area contributed by atoms with Gasteiger partial charge < -0.3 is 30.5 Å². The summed E-state index contributed by atoms with van der Waals surface area (Å²) in [5.74, 6) is -0.324. The molecule has 1 heterocycles. The molecular weight excluding hydrogens is 370 g/mol. The van der Waals surface area contributed by atoms with Gasteiger partial charge in [-0.05, 0) is 44.0 Å². The number of benzene rings is 2. The van der Waals surface area contributed by atoms with E-state index in [0.717, 1.165) is 12.1 Å². The van der Waals surface area contributed by atoms with Crippen LogP contribution in [-0.4, -0.2) is 48.6 Å². The number of nitrogens with zero attached hydrogens (tertiary/aromatic N) is 1. The lowest BCUT2D eigenvalue weighted by atomic mass is 9.94. The third-order valence-electron chi connectivity index (χ3n) is 4.99. The Labute approximate surface area is 171 Å². The highest BCUT2D eigenvalue weighted by molar-refractivity contribution is 5.97. The first-order chi connectivity index (χ1) is 13.7. The van der Waals surface area contributed by atoms with E-state index in [9.17, 15) is 15.0 Å². The maximum absolute atomic E-state index is 11.6. The highest BCUT2D eigenvalue weighted by Crippen LogP contribution is 2.36. The zero-order chi connectivity index (χ0) is 21.2. The molecule has 0 fully saturated rings. The topological polar surface area (TPSA) is 94.1 Å². The summed E-state index contributed by atoms with van der Waals surface area (Å²) >= 11 is 0. The van der Waals surface area contributed by atoms with Crippen molar-refractivity contribution < 1.29 is 19.7 Å². The fraction of sp³-hybridized carbons (Fsp3) is 0.409. The Balaban J connectivity index is 1.65. The number of hydrogen-bond donors (Lipinski definition) is 4. The molecule has 2 aromatic carbocycles. The van der Waals surface area contributed by atoms with Crippen LogP contribution in [0.2, 0.25) is 0 Å². The molecule has 7 heteroatoms. The van der Waals surface area contributed by atoms with Gasteiger partial charge in [0.05, 0.1) is 11.8 Å². The average Bonchev–Trinajstić information content (AvgIpc) is 2.67. The Kier molecular flexibility index (Phi) is 6.12. The predicted octanol–water partition coefficient (Wildman–Crippen LogP) is 2.05. The van der Waals surface area contributed by atoms with Crippen LogP contribution in [0.15, 0.2) is 42.5 Å². The molecule has 3 rings (SSSR count). The summed E-state index contributed by atoms with van der Waals surface area (Å²) < 4.78 is 5.31. The number of amides is 1. The smallest absolute Gasteiger partial charge is 0.293 e. The van der Waals surface area contributed by atoms with Gasteiger partial charge >= 0.3 is 0 Å². The first kappa shape index (κ1) is 21.1. The van der Waals surface area contributed by atoms with E-state index in [1.54, 1.807) is 18.2 Å². The summed E-state index contributed by atoms with van der Waals surface area (Å²) in [4.78, 5) is 13.6. The van der Waals surface area contributed by atoms with Gasteiger partial charge in [0.25, 0.3) is 12.2 Å². The van der Waals surface area contributed by atoms with E-state index < -0.39 is 18.3 Å². The monoisotopic (exact) mass is 399 g/mol. The maximum Gasteiger partial charge on any atom is 0.293 e. The third kappa shape index (κ3) is 5.06. The lowest BCUT2D eigenvalue weighted by Gasteiger charge is -2.30. The fourth-order valence-electron chi connectivity index (χ4n) is 3.37. The van der Waals surface area contributed by atoms with Gasteiger partial charge in [-0.2, -0.15) is 0 Å². The number of anilines is 2. The SMILES string of the molecule is CN(C)c1ccc(CC(C)(C)NCC(O)c2cccc3c2O[C@H](O)C(=O)N3)cc1. The highest BCUT2D eigenvalue weighted by Gasteiger charge is 2.29. The van der Waals surface area contributed by atoms with Crippen LogP contribution < -0.4 is 20.3 Å². The standard InChI is InChI=1S/C22H29N3O4/c1-22(2,12-14-8-10-15(11-9-14)25(3)4)23-13-18(26)16-6-5-7-17-19(16)29-21(28)20(27)24-17/h5-11,18,21,23,26,28H,12-13H2,1-4H3,(H,24,27)/t18?,21-/m0/s1. The van der Waals surface area contributed by atoms with E-state index in [0.29, 0.717) is 23.5 Å². The predicted molar refractivity (Wildman–Crippen MR) is 113 cm³/mol. The van der Waals surface area contributed by atoms with Crippen molar-refractivity contribution in [1.29, 1.82) is 0 Å². The number of carbonyl (C=O) groups excluding carboxylic acids is 1. The van der Waals surface area contributed by atoms with Crippen molar-refractivity contribution >= 4 is 17.3 Å². The number of ether oxygens (including phenoxy) is 1. The van der Waals surface area contributed by atoms with Gasteiger partial charge in [0.15, 0.2) is 5.75 Å². The third-order valence-corrected chi connectivity index (χ3v) is 4.99. The number of aliphatic hydroxyl groups excluding tert-OH is 2. The van der Waals surface area contributed by atoms with Crippen LogP contribution >= 0.6 is 0 Å². The minimum atomic E-state index is -1.58. The minimum absolute atomic E-state index is 0.246. The summed E-state index contributed by atoms with van der Waals surface area (Å²) in [7, 11) is 4.02. The molecule has 1 amide bonds. The number of fused-ring (bicyclic) bond motifs is 1. The van der Waals surface area contributed by atoms with Crippen molar-refractivity contribution in [3.8, 4) is 5.75 Å². The summed E-state index contributed by atoms with van der Waals surface area (Å²) in [6.45, 7) is 4.47. The molecule has 0 saturated heterocycles. The Morgan fingerprint density at radius 2 is 1.90 bits per heavy atom. The quantitative estimate of drug-likeness (QED) is 0.569. The molecule has 0 aliphatic carbocycles. The van der Waals surface area contributed by atoms with Gasteiger partial charge in [0.2, 0.25) is 0 Å².